The summed E-state index contributed by atoms with van der Waals surface area (Å²) in [6.45, 7) is 2.38. The summed E-state index contributed by atoms with van der Waals surface area (Å²) in [5.74, 6) is 1.30. The maximum Gasteiger partial charge on any atom is 0.265 e. The summed E-state index contributed by atoms with van der Waals surface area (Å²) in [6.07, 6.45) is 3.63. The predicted molar refractivity (Wildman–Crippen MR) is 94.1 cm³/mol. The molecule has 0 fully saturated rings. The molecule has 24 heavy (non-hydrogen) atoms. The van der Waals surface area contributed by atoms with E-state index in [4.69, 9.17) is 15.2 Å². The van der Waals surface area contributed by atoms with Crippen molar-refractivity contribution in [2.45, 2.75) is 11.9 Å². The molecule has 0 atom stereocenters. The Kier molecular flexibility index (Phi) is 4.61. The Morgan fingerprint density at radius 1 is 1.29 bits per heavy atom. The number of nitrogens with two attached hydrogens (primary N) is 1. The molecule has 3 aromatic rings. The second-order valence-electron chi connectivity index (χ2n) is 5.00. The summed E-state index contributed by atoms with van der Waals surface area (Å²) < 4.78 is 11.5. The van der Waals surface area contributed by atoms with Crippen LogP contribution in [0.4, 0.5) is 0 Å². The first kappa shape index (κ1) is 16.2. The van der Waals surface area contributed by atoms with Gasteiger partial charge in [-0.2, -0.15) is 0 Å². The van der Waals surface area contributed by atoms with E-state index in [1.807, 2.05) is 31.4 Å². The van der Waals surface area contributed by atoms with Crippen LogP contribution in [0.1, 0.15) is 17.4 Å². The van der Waals surface area contributed by atoms with Crippen molar-refractivity contribution in [2.75, 3.05) is 12.9 Å². The van der Waals surface area contributed by atoms with E-state index in [9.17, 15) is 4.79 Å². The fraction of sp³-hybridized carbons (Fsp3) is 0.176. The van der Waals surface area contributed by atoms with Gasteiger partial charge in [-0.1, -0.05) is 0 Å². The number of nitrogens with zero attached hydrogens (tertiary/aromatic N) is 1. The summed E-state index contributed by atoms with van der Waals surface area (Å²) in [5.41, 5.74) is 6.38. The highest BCUT2D eigenvalue weighted by molar-refractivity contribution is 7.98. The van der Waals surface area contributed by atoms with Gasteiger partial charge in [0.2, 0.25) is 0 Å². The number of thioether (sulfide) groups is 1. The van der Waals surface area contributed by atoms with Gasteiger partial charge in [-0.25, -0.2) is 4.98 Å². The summed E-state index contributed by atoms with van der Waals surface area (Å²) in [5, 5.41) is 1.71. The lowest BCUT2D eigenvalue weighted by atomic mass is 10.2. The number of H-pyrrole nitrogens is 1. The highest BCUT2D eigenvalue weighted by Gasteiger charge is 2.13. The van der Waals surface area contributed by atoms with Crippen LogP contribution in [-0.2, 0) is 0 Å². The van der Waals surface area contributed by atoms with Gasteiger partial charge in [-0.3, -0.25) is 4.79 Å². The van der Waals surface area contributed by atoms with Crippen molar-refractivity contribution >= 4 is 28.6 Å². The lowest BCUT2D eigenvalue weighted by molar-refractivity contribution is 0.0996. The summed E-state index contributed by atoms with van der Waals surface area (Å²) in [4.78, 5) is 18.7. The minimum absolute atomic E-state index is 0.328. The van der Waals surface area contributed by atoms with E-state index in [0.29, 0.717) is 35.1 Å². The zero-order valence-electron chi connectivity index (χ0n) is 13.3. The van der Waals surface area contributed by atoms with Crippen LogP contribution in [-0.4, -0.2) is 28.7 Å². The largest absolute Gasteiger partial charge is 0.492 e. The molecule has 0 aliphatic rings. The van der Waals surface area contributed by atoms with Gasteiger partial charge in [0.15, 0.2) is 0 Å². The average Bonchev–Trinajstić information content (AvgIpc) is 3.00. The molecular formula is C17H17N3O3S. The molecule has 0 unspecified atom stereocenters. The molecule has 0 spiro atoms. The number of carbonyl (C=O) groups excluding carboxylic acids is 1. The number of hydrogen-bond acceptors (Lipinski definition) is 5. The first-order valence-corrected chi connectivity index (χ1v) is 8.60. The van der Waals surface area contributed by atoms with Crippen molar-refractivity contribution in [3.05, 3.63) is 42.2 Å². The monoisotopic (exact) mass is 343 g/mol. The summed E-state index contributed by atoms with van der Waals surface area (Å²) >= 11 is 1.57. The average molecular weight is 343 g/mol. The Hall–Kier alpha value is -2.67. The lowest BCUT2D eigenvalue weighted by Gasteiger charge is -2.10. The van der Waals surface area contributed by atoms with Crippen molar-refractivity contribution in [2.24, 2.45) is 5.73 Å². The minimum Gasteiger partial charge on any atom is -0.492 e. The molecule has 0 saturated carbocycles. The Balaban J connectivity index is 1.98. The van der Waals surface area contributed by atoms with Gasteiger partial charge in [0.05, 0.1) is 23.3 Å². The molecule has 124 valence electrons. The number of aromatic amines is 1. The smallest absolute Gasteiger partial charge is 0.265 e. The Bertz CT molecular complexity index is 875. The molecule has 0 aliphatic heterocycles. The quantitative estimate of drug-likeness (QED) is 0.668. The van der Waals surface area contributed by atoms with Gasteiger partial charge in [0, 0.05) is 11.5 Å². The fourth-order valence-corrected chi connectivity index (χ4v) is 2.69. The lowest BCUT2D eigenvalue weighted by Crippen LogP contribution is -2.10. The molecule has 2 heterocycles. The number of rotatable bonds is 6. The molecule has 3 N–H and O–H groups in total. The number of primary amides is 1. The number of benzene rings is 1. The van der Waals surface area contributed by atoms with Gasteiger partial charge in [0.1, 0.15) is 22.9 Å². The van der Waals surface area contributed by atoms with Gasteiger partial charge in [0.25, 0.3) is 5.91 Å². The molecule has 0 aliphatic carbocycles. The molecule has 3 rings (SSSR count). The van der Waals surface area contributed by atoms with Crippen LogP contribution >= 0.6 is 11.8 Å². The van der Waals surface area contributed by atoms with E-state index in [1.54, 1.807) is 30.1 Å². The van der Waals surface area contributed by atoms with Gasteiger partial charge < -0.3 is 20.2 Å². The zero-order chi connectivity index (χ0) is 17.1. The molecule has 0 radical (unpaired) electrons. The Morgan fingerprint density at radius 2 is 2.12 bits per heavy atom. The van der Waals surface area contributed by atoms with Crippen molar-refractivity contribution in [1.82, 2.24) is 9.97 Å². The standard InChI is InChI=1S/C17H17N3O3S/c1-3-22-14-8-12(23-11-4-5-15(24-2)19-9-11)6-10-7-13(17(18)21)20-16(10)14/h4-9,20H,3H2,1-2H3,(H2,18,21). The predicted octanol–water partition coefficient (Wildman–Crippen LogP) is 3.57. The zero-order valence-corrected chi connectivity index (χ0v) is 14.1. The van der Waals surface area contributed by atoms with E-state index in [-0.39, 0.29) is 0 Å². The van der Waals surface area contributed by atoms with Crippen molar-refractivity contribution in [3.63, 3.8) is 0 Å². The number of ether oxygens (including phenoxy) is 2. The van der Waals surface area contributed by atoms with Crippen molar-refractivity contribution in [3.8, 4) is 17.2 Å². The highest BCUT2D eigenvalue weighted by atomic mass is 32.2. The van der Waals surface area contributed by atoms with E-state index >= 15 is 0 Å². The van der Waals surface area contributed by atoms with E-state index in [0.717, 1.165) is 10.4 Å². The summed E-state index contributed by atoms with van der Waals surface area (Å²) in [7, 11) is 0. The molecule has 1 aromatic carbocycles. The number of aromatic nitrogens is 2. The Morgan fingerprint density at radius 3 is 2.75 bits per heavy atom. The fourth-order valence-electron chi connectivity index (χ4n) is 2.33. The number of carbonyl (C=O) groups is 1. The molecule has 6 nitrogen and oxygen atoms in total. The summed E-state index contributed by atoms with van der Waals surface area (Å²) in [6, 6.07) is 9.03. The molecule has 7 heteroatoms. The third-order valence-electron chi connectivity index (χ3n) is 3.39. The van der Waals surface area contributed by atoms with Crippen molar-refractivity contribution < 1.29 is 14.3 Å². The number of nitrogens with one attached hydrogen (secondary N) is 1. The number of fused-ring (bicyclic) bond motifs is 1. The molecule has 2 aromatic heterocycles. The maximum atomic E-state index is 11.4. The normalized spacial score (nSPS) is 10.8. The van der Waals surface area contributed by atoms with Crippen LogP contribution in [0.15, 0.2) is 41.6 Å². The molecular weight excluding hydrogens is 326 g/mol. The van der Waals surface area contributed by atoms with E-state index < -0.39 is 5.91 Å². The Labute approximate surface area is 143 Å². The topological polar surface area (TPSA) is 90.2 Å². The maximum absolute atomic E-state index is 11.4. The van der Waals surface area contributed by atoms with Gasteiger partial charge in [-0.15, -0.1) is 11.8 Å². The number of hydrogen-bond donors (Lipinski definition) is 2. The molecule has 1 amide bonds. The van der Waals surface area contributed by atoms with Crippen LogP contribution < -0.4 is 15.2 Å². The van der Waals surface area contributed by atoms with Crippen LogP contribution in [0.25, 0.3) is 10.9 Å². The number of amides is 1. The second kappa shape index (κ2) is 6.84. The van der Waals surface area contributed by atoms with E-state index in [2.05, 4.69) is 9.97 Å². The van der Waals surface area contributed by atoms with Crippen LogP contribution in [0.5, 0.6) is 17.2 Å². The SMILES string of the molecule is CCOc1cc(Oc2ccc(SC)nc2)cc2cc(C(N)=O)[nH]c12. The third kappa shape index (κ3) is 3.30. The second-order valence-corrected chi connectivity index (χ2v) is 5.83. The molecule has 0 bridgehead atoms. The van der Waals surface area contributed by atoms with Gasteiger partial charge in [-0.05, 0) is 37.4 Å². The first-order chi connectivity index (χ1) is 11.6. The van der Waals surface area contributed by atoms with Crippen LogP contribution in [0.3, 0.4) is 0 Å². The number of pyridine rings is 1. The van der Waals surface area contributed by atoms with Crippen LogP contribution in [0, 0.1) is 0 Å². The highest BCUT2D eigenvalue weighted by Crippen LogP contribution is 2.33. The molecule has 0 saturated heterocycles. The third-order valence-corrected chi connectivity index (χ3v) is 4.04. The van der Waals surface area contributed by atoms with Crippen molar-refractivity contribution in [1.29, 1.82) is 0 Å². The first-order valence-electron chi connectivity index (χ1n) is 7.38. The van der Waals surface area contributed by atoms with E-state index in [1.165, 1.54) is 0 Å². The minimum atomic E-state index is -0.520. The van der Waals surface area contributed by atoms with Gasteiger partial charge >= 0.3 is 0 Å². The van der Waals surface area contributed by atoms with Crippen LogP contribution in [0.2, 0.25) is 0 Å².